The van der Waals surface area contributed by atoms with Gasteiger partial charge in [-0.05, 0) is 13.8 Å². The predicted molar refractivity (Wildman–Crippen MR) is 74.6 cm³/mol. The second-order valence-electron chi connectivity index (χ2n) is 4.71. The van der Waals surface area contributed by atoms with Crippen molar-refractivity contribution in [3.8, 4) is 0 Å². The Balaban J connectivity index is 5.02. The van der Waals surface area contributed by atoms with Crippen molar-refractivity contribution < 1.29 is 39.2 Å². The molecule has 22 heavy (non-hydrogen) atoms. The topological polar surface area (TPSA) is 130 Å². The van der Waals surface area contributed by atoms with Gasteiger partial charge in [-0.3, -0.25) is 0 Å². The van der Waals surface area contributed by atoms with Crippen molar-refractivity contribution in [1.82, 2.24) is 0 Å². The average molecular weight is 316 g/mol. The number of carbonyl (C=O) groups excluding carboxylic acids is 3. The Hall–Kier alpha value is -2.03. The molecule has 4 atom stereocenters. The number of aliphatic hydroxyl groups is 3. The molecule has 0 aliphatic carbocycles. The molecular formula is C14H20O8. The monoisotopic (exact) mass is 316 g/mol. The van der Waals surface area contributed by atoms with Crippen LogP contribution in [0.2, 0.25) is 0 Å². The Labute approximate surface area is 127 Å². The predicted octanol–water partition coefficient (Wildman–Crippen LogP) is -1.12. The zero-order chi connectivity index (χ0) is 17.4. The maximum Gasteiger partial charge on any atom is 0.333 e. The first-order chi connectivity index (χ1) is 10.1. The van der Waals surface area contributed by atoms with Gasteiger partial charge in [0.2, 0.25) is 0 Å². The van der Waals surface area contributed by atoms with Crippen molar-refractivity contribution in [1.29, 1.82) is 0 Å². The van der Waals surface area contributed by atoms with Crippen LogP contribution in [0.4, 0.5) is 0 Å². The van der Waals surface area contributed by atoms with Crippen LogP contribution in [0.15, 0.2) is 24.3 Å². The SMILES string of the molecule is C=C(C)C(=O)OC[C@@H](OC(=O)C(=C)C)[C@@H](O)[C@H](O)[C@H](O)C=O. The van der Waals surface area contributed by atoms with Crippen LogP contribution in [-0.4, -0.2) is 64.6 Å². The van der Waals surface area contributed by atoms with Gasteiger partial charge in [0, 0.05) is 11.1 Å². The van der Waals surface area contributed by atoms with Gasteiger partial charge < -0.3 is 29.6 Å². The van der Waals surface area contributed by atoms with Gasteiger partial charge in [-0.2, -0.15) is 0 Å². The van der Waals surface area contributed by atoms with Crippen LogP contribution in [0.25, 0.3) is 0 Å². The Morgan fingerprint density at radius 1 is 1.05 bits per heavy atom. The summed E-state index contributed by atoms with van der Waals surface area (Å²) in [7, 11) is 0. The van der Waals surface area contributed by atoms with E-state index in [1.54, 1.807) is 0 Å². The number of ether oxygens (including phenoxy) is 2. The summed E-state index contributed by atoms with van der Waals surface area (Å²) in [5, 5.41) is 28.6. The molecular weight excluding hydrogens is 296 g/mol. The highest BCUT2D eigenvalue weighted by Crippen LogP contribution is 2.11. The summed E-state index contributed by atoms with van der Waals surface area (Å²) in [6.45, 7) is 8.82. The standard InChI is InChI=1S/C14H20O8/c1-7(2)13(19)21-6-10(22-14(20)8(3)4)12(18)11(17)9(16)5-15/h5,9-12,16-18H,1,3,6H2,2,4H3/t9-,10-,11-,12-/m1/s1. The molecule has 0 saturated carbocycles. The van der Waals surface area contributed by atoms with Gasteiger partial charge >= 0.3 is 11.9 Å². The Kier molecular flexibility index (Phi) is 8.24. The number of aliphatic hydroxyl groups excluding tert-OH is 3. The summed E-state index contributed by atoms with van der Waals surface area (Å²) >= 11 is 0. The Morgan fingerprint density at radius 3 is 1.95 bits per heavy atom. The zero-order valence-corrected chi connectivity index (χ0v) is 12.4. The molecule has 0 radical (unpaired) electrons. The highest BCUT2D eigenvalue weighted by molar-refractivity contribution is 5.87. The van der Waals surface area contributed by atoms with Crippen LogP contribution in [0.5, 0.6) is 0 Å². The molecule has 0 unspecified atom stereocenters. The number of hydrogen-bond donors (Lipinski definition) is 3. The summed E-state index contributed by atoms with van der Waals surface area (Å²) in [5.74, 6) is -1.70. The van der Waals surface area contributed by atoms with Crippen molar-refractivity contribution in [3.05, 3.63) is 24.3 Å². The van der Waals surface area contributed by atoms with E-state index in [9.17, 15) is 29.7 Å². The number of hydrogen-bond acceptors (Lipinski definition) is 8. The van der Waals surface area contributed by atoms with Crippen LogP contribution in [-0.2, 0) is 23.9 Å². The number of esters is 2. The van der Waals surface area contributed by atoms with Crippen molar-refractivity contribution in [2.24, 2.45) is 0 Å². The van der Waals surface area contributed by atoms with E-state index in [0.29, 0.717) is 0 Å². The molecule has 0 saturated heterocycles. The first-order valence-corrected chi connectivity index (χ1v) is 6.30. The molecule has 124 valence electrons. The lowest BCUT2D eigenvalue weighted by Gasteiger charge is -2.27. The number of aldehydes is 1. The molecule has 0 aromatic rings. The molecule has 0 fully saturated rings. The highest BCUT2D eigenvalue weighted by Gasteiger charge is 2.34. The fourth-order valence-electron chi connectivity index (χ4n) is 1.22. The molecule has 0 bridgehead atoms. The fraction of sp³-hybridized carbons (Fsp3) is 0.500. The van der Waals surface area contributed by atoms with Gasteiger partial charge in [0.05, 0.1) is 0 Å². The lowest BCUT2D eigenvalue weighted by atomic mass is 10.0. The molecule has 0 aliphatic rings. The molecule has 0 aliphatic heterocycles. The van der Waals surface area contributed by atoms with Crippen LogP contribution in [0.1, 0.15) is 13.8 Å². The molecule has 0 amide bonds. The Bertz CT molecular complexity index is 456. The van der Waals surface area contributed by atoms with E-state index in [4.69, 9.17) is 9.47 Å². The zero-order valence-electron chi connectivity index (χ0n) is 12.4. The third-order valence-corrected chi connectivity index (χ3v) is 2.55. The summed E-state index contributed by atoms with van der Waals surface area (Å²) in [6, 6.07) is 0. The molecule has 0 spiro atoms. The minimum absolute atomic E-state index is 0.00538. The summed E-state index contributed by atoms with van der Waals surface area (Å²) in [6.07, 6.45) is -7.17. The lowest BCUT2D eigenvalue weighted by molar-refractivity contribution is -0.172. The van der Waals surface area contributed by atoms with Crippen molar-refractivity contribution >= 4 is 18.2 Å². The normalized spacial score (nSPS) is 15.9. The number of rotatable bonds is 9. The fourth-order valence-corrected chi connectivity index (χ4v) is 1.22. The lowest BCUT2D eigenvalue weighted by Crippen LogP contribution is -2.48. The van der Waals surface area contributed by atoms with Gasteiger partial charge in [0.1, 0.15) is 24.9 Å². The van der Waals surface area contributed by atoms with Gasteiger partial charge in [-0.15, -0.1) is 0 Å². The van der Waals surface area contributed by atoms with Gasteiger partial charge in [0.15, 0.2) is 12.4 Å². The van der Waals surface area contributed by atoms with Gasteiger partial charge in [-0.25, -0.2) is 9.59 Å². The maximum absolute atomic E-state index is 11.5. The molecule has 0 aromatic heterocycles. The molecule has 8 heteroatoms. The van der Waals surface area contributed by atoms with Gasteiger partial charge in [-0.1, -0.05) is 13.2 Å². The van der Waals surface area contributed by atoms with Crippen LogP contribution in [0, 0.1) is 0 Å². The quantitative estimate of drug-likeness (QED) is 0.277. The molecule has 8 nitrogen and oxygen atoms in total. The number of carbonyl (C=O) groups is 3. The third-order valence-electron chi connectivity index (χ3n) is 2.55. The second-order valence-corrected chi connectivity index (χ2v) is 4.71. The summed E-state index contributed by atoms with van der Waals surface area (Å²) in [4.78, 5) is 33.2. The summed E-state index contributed by atoms with van der Waals surface area (Å²) < 4.78 is 9.58. The minimum Gasteiger partial charge on any atom is -0.458 e. The van der Waals surface area contributed by atoms with E-state index >= 15 is 0 Å². The molecule has 3 N–H and O–H groups in total. The largest absolute Gasteiger partial charge is 0.458 e. The van der Waals surface area contributed by atoms with Crippen LogP contribution >= 0.6 is 0 Å². The van der Waals surface area contributed by atoms with Crippen LogP contribution in [0.3, 0.4) is 0 Å². The van der Waals surface area contributed by atoms with E-state index < -0.39 is 43.0 Å². The molecule has 0 heterocycles. The first-order valence-electron chi connectivity index (χ1n) is 6.30. The highest BCUT2D eigenvalue weighted by atomic mass is 16.6. The minimum atomic E-state index is -1.93. The Morgan fingerprint density at radius 2 is 1.55 bits per heavy atom. The van der Waals surface area contributed by atoms with E-state index in [-0.39, 0.29) is 17.4 Å². The third kappa shape index (κ3) is 6.17. The molecule has 0 rings (SSSR count). The smallest absolute Gasteiger partial charge is 0.333 e. The van der Waals surface area contributed by atoms with Crippen molar-refractivity contribution in [3.63, 3.8) is 0 Å². The maximum atomic E-state index is 11.5. The van der Waals surface area contributed by atoms with Crippen LogP contribution < -0.4 is 0 Å². The average Bonchev–Trinajstić information content (AvgIpc) is 2.47. The van der Waals surface area contributed by atoms with E-state index in [1.807, 2.05) is 0 Å². The summed E-state index contributed by atoms with van der Waals surface area (Å²) in [5.41, 5.74) is 0.0850. The van der Waals surface area contributed by atoms with Crippen molar-refractivity contribution in [2.45, 2.75) is 38.3 Å². The first kappa shape index (κ1) is 20.0. The van der Waals surface area contributed by atoms with E-state index in [2.05, 4.69) is 13.2 Å². The van der Waals surface area contributed by atoms with E-state index in [1.165, 1.54) is 13.8 Å². The molecule has 0 aromatic carbocycles. The van der Waals surface area contributed by atoms with Gasteiger partial charge in [0.25, 0.3) is 0 Å². The van der Waals surface area contributed by atoms with Crippen molar-refractivity contribution in [2.75, 3.05) is 6.61 Å². The van der Waals surface area contributed by atoms with E-state index in [0.717, 1.165) is 0 Å². The second kappa shape index (κ2) is 9.08.